The average molecular weight is 410 g/mol. The molecule has 146 valence electrons. The Morgan fingerprint density at radius 1 is 0.800 bits per heavy atom. The molecule has 0 saturated heterocycles. The Labute approximate surface area is 178 Å². The summed E-state index contributed by atoms with van der Waals surface area (Å²) in [5, 5.41) is 1.69. The highest BCUT2D eigenvalue weighted by Crippen LogP contribution is 2.38. The fourth-order valence-electron chi connectivity index (χ4n) is 3.81. The van der Waals surface area contributed by atoms with Gasteiger partial charge < -0.3 is 0 Å². The van der Waals surface area contributed by atoms with Gasteiger partial charge in [-0.25, -0.2) is 0 Å². The van der Waals surface area contributed by atoms with E-state index in [1.165, 1.54) is 4.90 Å². The van der Waals surface area contributed by atoms with Gasteiger partial charge in [-0.15, -0.1) is 0 Å². The Morgan fingerprint density at radius 2 is 1.60 bits per heavy atom. The molecule has 4 nitrogen and oxygen atoms in total. The predicted molar refractivity (Wildman–Crippen MR) is 118 cm³/mol. The quantitative estimate of drug-likeness (QED) is 0.423. The van der Waals surface area contributed by atoms with E-state index in [-0.39, 0.29) is 11.8 Å². The van der Waals surface area contributed by atoms with Crippen molar-refractivity contribution < 1.29 is 9.59 Å². The molecule has 4 aromatic rings. The lowest BCUT2D eigenvalue weighted by Crippen LogP contribution is -2.41. The van der Waals surface area contributed by atoms with Crippen molar-refractivity contribution >= 4 is 34.3 Å². The second-order valence-electron chi connectivity index (χ2n) is 7.13. The molecule has 30 heavy (non-hydrogen) atoms. The minimum absolute atomic E-state index is 0.233. The van der Waals surface area contributed by atoms with E-state index < -0.39 is 0 Å². The first kappa shape index (κ1) is 18.6. The lowest BCUT2D eigenvalue weighted by molar-refractivity contribution is 0.0612. The third-order valence-electron chi connectivity index (χ3n) is 5.27. The summed E-state index contributed by atoms with van der Waals surface area (Å²) in [6.45, 7) is 0.333. The Balaban J connectivity index is 1.52. The number of carbonyl (C=O) groups excluding carboxylic acids is 2. The first-order valence-electron chi connectivity index (χ1n) is 9.76. The SMILES string of the molecule is O=C1c2cccc3c(Sc4ccccc4)ccc(c23)C(=O)N1CCc1cccnc1. The fraction of sp³-hybridized carbons (Fsp3) is 0.0800. The molecule has 0 unspecified atom stereocenters. The topological polar surface area (TPSA) is 50.3 Å². The summed E-state index contributed by atoms with van der Waals surface area (Å²) in [4.78, 5) is 34.0. The van der Waals surface area contributed by atoms with Crippen LogP contribution in [0.4, 0.5) is 0 Å². The largest absolute Gasteiger partial charge is 0.274 e. The number of hydrogen-bond acceptors (Lipinski definition) is 4. The Bertz CT molecular complexity index is 1230. The van der Waals surface area contributed by atoms with E-state index in [0.717, 1.165) is 26.1 Å². The third kappa shape index (κ3) is 3.27. The van der Waals surface area contributed by atoms with Crippen LogP contribution in [0.3, 0.4) is 0 Å². The highest BCUT2D eigenvalue weighted by molar-refractivity contribution is 7.99. The predicted octanol–water partition coefficient (Wildman–Crippen LogP) is 5.22. The van der Waals surface area contributed by atoms with Crippen molar-refractivity contribution in [2.24, 2.45) is 0 Å². The van der Waals surface area contributed by atoms with E-state index in [2.05, 4.69) is 17.1 Å². The lowest BCUT2D eigenvalue weighted by atomic mass is 9.94. The molecule has 0 aliphatic carbocycles. The van der Waals surface area contributed by atoms with Crippen LogP contribution in [0.15, 0.2) is 95.0 Å². The minimum atomic E-state index is -0.233. The number of benzene rings is 3. The van der Waals surface area contributed by atoms with Gasteiger partial charge in [0.15, 0.2) is 0 Å². The number of aromatic nitrogens is 1. The number of pyridine rings is 1. The monoisotopic (exact) mass is 410 g/mol. The summed E-state index contributed by atoms with van der Waals surface area (Å²) < 4.78 is 0. The Kier molecular flexibility index (Phi) is 4.81. The number of rotatable bonds is 5. The molecule has 0 radical (unpaired) electrons. The number of hydrogen-bond donors (Lipinski definition) is 0. The maximum Gasteiger partial charge on any atom is 0.261 e. The molecule has 1 aliphatic heterocycles. The molecule has 0 bridgehead atoms. The maximum atomic E-state index is 13.2. The molecule has 5 heteroatoms. The Hall–Kier alpha value is -3.44. The van der Waals surface area contributed by atoms with Crippen molar-refractivity contribution in [3.8, 4) is 0 Å². The second kappa shape index (κ2) is 7.76. The van der Waals surface area contributed by atoms with Crippen molar-refractivity contribution in [1.82, 2.24) is 9.88 Å². The summed E-state index contributed by atoms with van der Waals surface area (Å²) in [5.74, 6) is -0.465. The van der Waals surface area contributed by atoms with E-state index in [0.29, 0.717) is 24.1 Å². The van der Waals surface area contributed by atoms with Gasteiger partial charge >= 0.3 is 0 Å². The summed E-state index contributed by atoms with van der Waals surface area (Å²) >= 11 is 1.64. The molecule has 0 saturated carbocycles. The first-order chi connectivity index (χ1) is 14.7. The van der Waals surface area contributed by atoms with Crippen molar-refractivity contribution in [2.75, 3.05) is 6.54 Å². The molecule has 1 aromatic heterocycles. The van der Waals surface area contributed by atoms with Crippen molar-refractivity contribution in [1.29, 1.82) is 0 Å². The van der Waals surface area contributed by atoms with Crippen molar-refractivity contribution in [2.45, 2.75) is 16.2 Å². The standard InChI is InChI=1S/C25H18N2O2S/c28-24-20-10-4-9-19-22(30-18-7-2-1-3-8-18)12-11-21(23(19)20)25(29)27(24)15-13-17-6-5-14-26-16-17/h1-12,14,16H,13,15H2. The van der Waals surface area contributed by atoms with E-state index in [1.54, 1.807) is 24.2 Å². The van der Waals surface area contributed by atoms with E-state index in [9.17, 15) is 9.59 Å². The highest BCUT2D eigenvalue weighted by Gasteiger charge is 2.33. The molecule has 0 spiro atoms. The summed E-state index contributed by atoms with van der Waals surface area (Å²) in [5.41, 5.74) is 2.17. The molecular weight excluding hydrogens is 392 g/mol. The number of carbonyl (C=O) groups is 2. The smallest absolute Gasteiger partial charge is 0.261 e. The van der Waals surface area contributed by atoms with Gasteiger partial charge in [0, 0.05) is 45.2 Å². The number of amides is 2. The summed E-state index contributed by atoms with van der Waals surface area (Å²) in [6.07, 6.45) is 4.06. The van der Waals surface area contributed by atoms with Gasteiger partial charge in [-0.1, -0.05) is 48.2 Å². The van der Waals surface area contributed by atoms with Gasteiger partial charge in [0.2, 0.25) is 0 Å². The highest BCUT2D eigenvalue weighted by atomic mass is 32.2. The molecule has 2 heterocycles. The zero-order valence-corrected chi connectivity index (χ0v) is 16.9. The second-order valence-corrected chi connectivity index (χ2v) is 8.24. The molecular formula is C25H18N2O2S. The van der Waals surface area contributed by atoms with Gasteiger partial charge in [-0.2, -0.15) is 0 Å². The van der Waals surface area contributed by atoms with Crippen LogP contribution in [-0.2, 0) is 6.42 Å². The Morgan fingerprint density at radius 3 is 2.37 bits per heavy atom. The molecule has 3 aromatic carbocycles. The van der Waals surface area contributed by atoms with Gasteiger partial charge in [-0.05, 0) is 53.8 Å². The van der Waals surface area contributed by atoms with Crippen LogP contribution in [0.5, 0.6) is 0 Å². The van der Waals surface area contributed by atoms with Gasteiger partial charge in [0.1, 0.15) is 0 Å². The van der Waals surface area contributed by atoms with E-state index in [4.69, 9.17) is 0 Å². The van der Waals surface area contributed by atoms with Crippen LogP contribution < -0.4 is 0 Å². The first-order valence-corrected chi connectivity index (χ1v) is 10.6. The van der Waals surface area contributed by atoms with Crippen LogP contribution in [0, 0.1) is 0 Å². The number of imide groups is 1. The van der Waals surface area contributed by atoms with Gasteiger partial charge in [-0.3, -0.25) is 19.5 Å². The zero-order chi connectivity index (χ0) is 20.5. The normalized spacial score (nSPS) is 13.1. The van der Waals surface area contributed by atoms with Gasteiger partial charge in [0.25, 0.3) is 11.8 Å². The summed E-state index contributed by atoms with van der Waals surface area (Å²) in [7, 11) is 0. The number of nitrogens with zero attached hydrogens (tertiary/aromatic N) is 2. The minimum Gasteiger partial charge on any atom is -0.274 e. The lowest BCUT2D eigenvalue weighted by Gasteiger charge is -2.27. The molecule has 0 N–H and O–H groups in total. The zero-order valence-electron chi connectivity index (χ0n) is 16.1. The van der Waals surface area contributed by atoms with Gasteiger partial charge in [0.05, 0.1) is 0 Å². The van der Waals surface area contributed by atoms with Crippen molar-refractivity contribution in [3.05, 3.63) is 102 Å². The van der Waals surface area contributed by atoms with Crippen LogP contribution in [-0.4, -0.2) is 28.2 Å². The maximum absolute atomic E-state index is 13.2. The summed E-state index contributed by atoms with van der Waals surface area (Å²) in [6, 6.07) is 23.4. The third-order valence-corrected chi connectivity index (χ3v) is 6.35. The molecule has 1 aliphatic rings. The van der Waals surface area contributed by atoms with Crippen LogP contribution in [0.1, 0.15) is 26.3 Å². The van der Waals surface area contributed by atoms with Crippen LogP contribution in [0.25, 0.3) is 10.8 Å². The molecule has 0 atom stereocenters. The van der Waals surface area contributed by atoms with Crippen LogP contribution >= 0.6 is 11.8 Å². The fourth-order valence-corrected chi connectivity index (χ4v) is 4.78. The van der Waals surface area contributed by atoms with Crippen molar-refractivity contribution in [3.63, 3.8) is 0 Å². The molecule has 5 rings (SSSR count). The molecule has 2 amide bonds. The van der Waals surface area contributed by atoms with Crippen LogP contribution in [0.2, 0.25) is 0 Å². The van der Waals surface area contributed by atoms with E-state index in [1.807, 2.05) is 60.7 Å². The average Bonchev–Trinajstić information content (AvgIpc) is 2.79. The van der Waals surface area contributed by atoms with E-state index >= 15 is 0 Å². The molecule has 0 fully saturated rings.